The lowest BCUT2D eigenvalue weighted by molar-refractivity contribution is -0.122. The van der Waals surface area contributed by atoms with E-state index in [2.05, 4.69) is 0 Å². The Labute approximate surface area is 172 Å². The molecule has 1 aliphatic heterocycles. The van der Waals surface area contributed by atoms with Crippen LogP contribution < -0.4 is 4.74 Å². The molecule has 0 unspecified atom stereocenters. The van der Waals surface area contributed by atoms with Gasteiger partial charge in [-0.2, -0.15) is 0 Å². The molecule has 1 aliphatic rings. The highest BCUT2D eigenvalue weighted by Crippen LogP contribution is 2.35. The maximum atomic E-state index is 12.8. The molecule has 0 aliphatic carbocycles. The fourth-order valence-electron chi connectivity index (χ4n) is 3.24. The molecular formula is C23H17NO4S. The molecule has 0 aromatic heterocycles. The normalized spacial score (nSPS) is 15.3. The second-order valence-corrected chi connectivity index (χ2v) is 7.45. The number of benzene rings is 3. The summed E-state index contributed by atoms with van der Waals surface area (Å²) in [5, 5.41) is 1.39. The molecule has 1 fully saturated rings. The third kappa shape index (κ3) is 3.67. The molecule has 0 spiro atoms. The number of thioether (sulfide) groups is 1. The Bertz CT molecular complexity index is 1150. The van der Waals surface area contributed by atoms with Crippen LogP contribution in [0.4, 0.5) is 4.79 Å². The van der Waals surface area contributed by atoms with Crippen LogP contribution >= 0.6 is 11.8 Å². The average molecular weight is 403 g/mol. The van der Waals surface area contributed by atoms with Crippen LogP contribution in [0.3, 0.4) is 0 Å². The molecule has 0 atom stereocenters. The van der Waals surface area contributed by atoms with Gasteiger partial charge in [-0.1, -0.05) is 60.7 Å². The van der Waals surface area contributed by atoms with E-state index in [-0.39, 0.29) is 12.3 Å². The monoisotopic (exact) mass is 403 g/mol. The van der Waals surface area contributed by atoms with Crippen molar-refractivity contribution in [2.45, 2.75) is 0 Å². The Morgan fingerprint density at radius 1 is 0.966 bits per heavy atom. The van der Waals surface area contributed by atoms with Crippen LogP contribution in [0.1, 0.15) is 15.9 Å². The van der Waals surface area contributed by atoms with Crippen molar-refractivity contribution in [1.82, 2.24) is 4.90 Å². The highest BCUT2D eigenvalue weighted by molar-refractivity contribution is 8.18. The van der Waals surface area contributed by atoms with Gasteiger partial charge in [0.15, 0.2) is 5.78 Å². The Morgan fingerprint density at radius 3 is 2.38 bits per heavy atom. The van der Waals surface area contributed by atoms with E-state index in [9.17, 15) is 14.4 Å². The second-order valence-electron chi connectivity index (χ2n) is 6.46. The van der Waals surface area contributed by atoms with Gasteiger partial charge < -0.3 is 4.74 Å². The Kier molecular flexibility index (Phi) is 5.18. The van der Waals surface area contributed by atoms with Crippen LogP contribution in [0.2, 0.25) is 0 Å². The topological polar surface area (TPSA) is 63.7 Å². The number of hydrogen-bond acceptors (Lipinski definition) is 5. The van der Waals surface area contributed by atoms with Crippen LogP contribution in [-0.4, -0.2) is 35.5 Å². The third-order valence-corrected chi connectivity index (χ3v) is 5.60. The van der Waals surface area contributed by atoms with Crippen molar-refractivity contribution in [1.29, 1.82) is 0 Å². The summed E-state index contributed by atoms with van der Waals surface area (Å²) in [7, 11) is 1.61. The molecule has 144 valence electrons. The van der Waals surface area contributed by atoms with Crippen molar-refractivity contribution in [2.24, 2.45) is 0 Å². The molecule has 0 saturated carbocycles. The molecule has 0 bridgehead atoms. The number of Topliss-reactive ketones (excluding diaryl/α,β-unsaturated/α-hetero) is 1. The lowest BCUT2D eigenvalue weighted by Gasteiger charge is -2.11. The maximum absolute atomic E-state index is 12.8. The van der Waals surface area contributed by atoms with Gasteiger partial charge in [0.25, 0.3) is 11.1 Å². The Morgan fingerprint density at radius 2 is 1.66 bits per heavy atom. The minimum absolute atomic E-state index is 0.268. The highest BCUT2D eigenvalue weighted by Gasteiger charge is 2.36. The van der Waals surface area contributed by atoms with Crippen LogP contribution in [-0.2, 0) is 4.79 Å². The van der Waals surface area contributed by atoms with Gasteiger partial charge in [-0.3, -0.25) is 19.3 Å². The second kappa shape index (κ2) is 7.93. The average Bonchev–Trinajstić information content (AvgIpc) is 3.02. The summed E-state index contributed by atoms with van der Waals surface area (Å²) in [5.74, 6) is 0.00698. The zero-order chi connectivity index (χ0) is 20.4. The van der Waals surface area contributed by atoms with E-state index < -0.39 is 11.1 Å². The molecule has 0 N–H and O–H groups in total. The van der Waals surface area contributed by atoms with E-state index in [0.29, 0.717) is 10.5 Å². The summed E-state index contributed by atoms with van der Waals surface area (Å²) in [5.41, 5.74) is 1.28. The lowest BCUT2D eigenvalue weighted by Crippen LogP contribution is -2.33. The first-order valence-corrected chi connectivity index (χ1v) is 9.79. The van der Waals surface area contributed by atoms with E-state index in [0.717, 1.165) is 38.7 Å². The number of fused-ring (bicyclic) bond motifs is 1. The maximum Gasteiger partial charge on any atom is 0.293 e. The number of ether oxygens (including phenoxy) is 1. The number of amides is 2. The minimum Gasteiger partial charge on any atom is -0.496 e. The molecule has 4 rings (SSSR count). The number of hydrogen-bond donors (Lipinski definition) is 0. The zero-order valence-corrected chi connectivity index (χ0v) is 16.4. The van der Waals surface area contributed by atoms with Crippen LogP contribution in [0.15, 0.2) is 71.6 Å². The summed E-state index contributed by atoms with van der Waals surface area (Å²) < 4.78 is 5.40. The largest absolute Gasteiger partial charge is 0.496 e. The van der Waals surface area contributed by atoms with Crippen molar-refractivity contribution in [3.05, 3.63) is 82.8 Å². The van der Waals surface area contributed by atoms with Gasteiger partial charge >= 0.3 is 0 Å². The van der Waals surface area contributed by atoms with Crippen molar-refractivity contribution < 1.29 is 19.1 Å². The fourth-order valence-corrected chi connectivity index (χ4v) is 4.06. The Hall–Kier alpha value is -3.38. The summed E-state index contributed by atoms with van der Waals surface area (Å²) in [6, 6.07) is 20.0. The number of carbonyl (C=O) groups is 3. The number of rotatable bonds is 5. The third-order valence-electron chi connectivity index (χ3n) is 4.70. The smallest absolute Gasteiger partial charge is 0.293 e. The molecule has 6 heteroatoms. The number of methoxy groups -OCH3 is 1. The SMILES string of the molecule is COc1ccc(/C=C2/SC(=O)N(CC(=O)c3ccccc3)C2=O)c2ccccc12. The Balaban J connectivity index is 1.63. The molecule has 1 saturated heterocycles. The molecule has 5 nitrogen and oxygen atoms in total. The first-order chi connectivity index (χ1) is 14.1. The van der Waals surface area contributed by atoms with Gasteiger partial charge in [-0.15, -0.1) is 0 Å². The van der Waals surface area contributed by atoms with Crippen LogP contribution in [0.25, 0.3) is 16.8 Å². The van der Waals surface area contributed by atoms with Gasteiger partial charge in [-0.25, -0.2) is 0 Å². The quantitative estimate of drug-likeness (QED) is 0.454. The fraction of sp³-hybridized carbons (Fsp3) is 0.0870. The first kappa shape index (κ1) is 19.0. The molecule has 3 aromatic rings. The van der Waals surface area contributed by atoms with E-state index in [1.165, 1.54) is 0 Å². The van der Waals surface area contributed by atoms with Gasteiger partial charge in [0.2, 0.25) is 0 Å². The van der Waals surface area contributed by atoms with Crippen molar-refractivity contribution in [3.8, 4) is 5.75 Å². The van der Waals surface area contributed by atoms with Gasteiger partial charge in [0.1, 0.15) is 5.75 Å². The molecule has 1 heterocycles. The predicted octanol–water partition coefficient (Wildman–Crippen LogP) is 4.77. The van der Waals surface area contributed by atoms with Gasteiger partial charge in [0.05, 0.1) is 18.6 Å². The van der Waals surface area contributed by atoms with E-state index in [4.69, 9.17) is 4.74 Å². The summed E-state index contributed by atoms with van der Waals surface area (Å²) >= 11 is 0.847. The lowest BCUT2D eigenvalue weighted by atomic mass is 10.0. The van der Waals surface area contributed by atoms with E-state index in [1.807, 2.05) is 36.4 Å². The number of imide groups is 1. The van der Waals surface area contributed by atoms with E-state index >= 15 is 0 Å². The van der Waals surface area contributed by atoms with Crippen LogP contribution in [0, 0.1) is 0 Å². The minimum atomic E-state index is -0.454. The van der Waals surface area contributed by atoms with Crippen molar-refractivity contribution in [3.63, 3.8) is 0 Å². The highest BCUT2D eigenvalue weighted by atomic mass is 32.2. The number of carbonyl (C=O) groups excluding carboxylic acids is 3. The summed E-state index contributed by atoms with van der Waals surface area (Å²) in [4.78, 5) is 38.9. The zero-order valence-electron chi connectivity index (χ0n) is 15.6. The van der Waals surface area contributed by atoms with Gasteiger partial charge in [0, 0.05) is 10.9 Å². The summed E-state index contributed by atoms with van der Waals surface area (Å²) in [6.07, 6.45) is 1.69. The first-order valence-electron chi connectivity index (χ1n) is 8.98. The molecular weight excluding hydrogens is 386 g/mol. The van der Waals surface area contributed by atoms with Crippen molar-refractivity contribution in [2.75, 3.05) is 13.7 Å². The van der Waals surface area contributed by atoms with Crippen LogP contribution in [0.5, 0.6) is 5.75 Å². The number of nitrogens with zero attached hydrogens (tertiary/aromatic N) is 1. The molecule has 0 radical (unpaired) electrons. The summed E-state index contributed by atoms with van der Waals surface area (Å²) in [6.45, 7) is -0.268. The van der Waals surface area contributed by atoms with E-state index in [1.54, 1.807) is 43.5 Å². The predicted molar refractivity (Wildman–Crippen MR) is 114 cm³/mol. The molecule has 2 amide bonds. The number of ketones is 1. The molecule has 3 aromatic carbocycles. The van der Waals surface area contributed by atoms with Gasteiger partial charge in [-0.05, 0) is 34.9 Å². The molecule has 29 heavy (non-hydrogen) atoms. The standard InChI is InChI=1S/C23H17NO4S/c1-28-20-12-11-16(17-9-5-6-10-18(17)20)13-21-22(26)24(23(27)29-21)14-19(25)15-7-3-2-4-8-15/h2-13H,14H2,1H3/b21-13+. The van der Waals surface area contributed by atoms with Crippen molar-refractivity contribution >= 4 is 45.5 Å².